The summed E-state index contributed by atoms with van der Waals surface area (Å²) < 4.78 is 4.98. The minimum atomic E-state index is -0.196. The summed E-state index contributed by atoms with van der Waals surface area (Å²) in [7, 11) is 1.62. The molecule has 0 aromatic rings. The van der Waals surface area contributed by atoms with Gasteiger partial charge in [-0.05, 0) is 38.3 Å². The number of amides is 2. The molecule has 2 saturated heterocycles. The van der Waals surface area contributed by atoms with E-state index in [2.05, 4.69) is 10.6 Å². The Bertz CT molecular complexity index is 356. The zero-order chi connectivity index (χ0) is 15.1. The summed E-state index contributed by atoms with van der Waals surface area (Å²) in [4.78, 5) is 25.6. The average molecular weight is 297 g/mol. The van der Waals surface area contributed by atoms with E-state index >= 15 is 0 Å². The Morgan fingerprint density at radius 1 is 1.52 bits per heavy atom. The van der Waals surface area contributed by atoms with Crippen LogP contribution in [-0.4, -0.2) is 63.2 Å². The molecule has 6 heteroatoms. The Kier molecular flexibility index (Phi) is 6.45. The van der Waals surface area contributed by atoms with Crippen molar-refractivity contribution < 1.29 is 14.3 Å². The number of likely N-dealkylation sites (tertiary alicyclic amines) is 1. The quantitative estimate of drug-likeness (QED) is 0.693. The molecule has 2 heterocycles. The third-order valence-corrected chi connectivity index (χ3v) is 4.40. The molecule has 2 unspecified atom stereocenters. The minimum Gasteiger partial charge on any atom is -0.383 e. The predicted molar refractivity (Wildman–Crippen MR) is 79.8 cm³/mol. The maximum atomic E-state index is 12.1. The Balaban J connectivity index is 1.65. The van der Waals surface area contributed by atoms with Crippen LogP contribution in [0.4, 0.5) is 0 Å². The van der Waals surface area contributed by atoms with Crippen molar-refractivity contribution in [1.82, 2.24) is 15.5 Å². The van der Waals surface area contributed by atoms with Gasteiger partial charge in [0, 0.05) is 33.2 Å². The fourth-order valence-corrected chi connectivity index (χ4v) is 3.08. The Labute approximate surface area is 126 Å². The van der Waals surface area contributed by atoms with Crippen LogP contribution < -0.4 is 10.6 Å². The molecule has 120 valence electrons. The van der Waals surface area contributed by atoms with Crippen LogP contribution in [0.5, 0.6) is 0 Å². The molecule has 0 bridgehead atoms. The van der Waals surface area contributed by atoms with Gasteiger partial charge < -0.3 is 20.3 Å². The monoisotopic (exact) mass is 297 g/mol. The first-order chi connectivity index (χ1) is 10.2. The first-order valence-electron chi connectivity index (χ1n) is 7.96. The second-order valence-electron chi connectivity index (χ2n) is 6.03. The van der Waals surface area contributed by atoms with Gasteiger partial charge >= 0.3 is 0 Å². The van der Waals surface area contributed by atoms with Crippen LogP contribution in [-0.2, 0) is 14.3 Å². The van der Waals surface area contributed by atoms with Gasteiger partial charge in [0.25, 0.3) is 0 Å². The lowest BCUT2D eigenvalue weighted by Crippen LogP contribution is -2.36. The Morgan fingerprint density at radius 3 is 3.10 bits per heavy atom. The highest BCUT2D eigenvalue weighted by Gasteiger charge is 2.33. The van der Waals surface area contributed by atoms with Crippen molar-refractivity contribution in [3.63, 3.8) is 0 Å². The third-order valence-electron chi connectivity index (χ3n) is 4.40. The van der Waals surface area contributed by atoms with Crippen LogP contribution in [0.3, 0.4) is 0 Å². The number of rotatable bonds is 7. The second kappa shape index (κ2) is 8.34. The molecule has 2 rings (SSSR count). The summed E-state index contributed by atoms with van der Waals surface area (Å²) in [6, 6.07) is 0. The second-order valence-corrected chi connectivity index (χ2v) is 6.03. The molecule has 0 radical (unpaired) electrons. The molecule has 0 spiro atoms. The number of nitrogens with one attached hydrogen (secondary N) is 2. The van der Waals surface area contributed by atoms with Gasteiger partial charge in [-0.2, -0.15) is 0 Å². The summed E-state index contributed by atoms with van der Waals surface area (Å²) in [5.74, 6) is 0.553. The zero-order valence-corrected chi connectivity index (χ0v) is 12.9. The van der Waals surface area contributed by atoms with Gasteiger partial charge in [0.2, 0.25) is 11.8 Å². The molecule has 0 aromatic carbocycles. The van der Waals surface area contributed by atoms with E-state index in [1.54, 1.807) is 12.0 Å². The lowest BCUT2D eigenvalue weighted by atomic mass is 9.96. The molecule has 6 nitrogen and oxygen atoms in total. The summed E-state index contributed by atoms with van der Waals surface area (Å²) >= 11 is 0. The molecular formula is C15H27N3O3. The maximum Gasteiger partial charge on any atom is 0.225 e. The van der Waals surface area contributed by atoms with Crippen molar-refractivity contribution >= 4 is 11.8 Å². The number of ether oxygens (including phenoxy) is 1. The molecule has 2 aliphatic rings. The SMILES string of the molecule is COCCN1CC(C(=O)NCCC2CCCNC2)CC1=O. The Hall–Kier alpha value is -1.14. The molecule has 2 N–H and O–H groups in total. The smallest absolute Gasteiger partial charge is 0.225 e. The minimum absolute atomic E-state index is 0.0204. The topological polar surface area (TPSA) is 70.7 Å². The van der Waals surface area contributed by atoms with E-state index in [0.717, 1.165) is 19.5 Å². The number of carbonyl (C=O) groups is 2. The normalized spacial score (nSPS) is 26.1. The molecule has 2 fully saturated rings. The lowest BCUT2D eigenvalue weighted by molar-refractivity contribution is -0.129. The number of piperidine rings is 1. The van der Waals surface area contributed by atoms with Crippen LogP contribution in [0.15, 0.2) is 0 Å². The summed E-state index contributed by atoms with van der Waals surface area (Å²) in [6.45, 7) is 4.52. The highest BCUT2D eigenvalue weighted by Crippen LogP contribution is 2.18. The summed E-state index contributed by atoms with van der Waals surface area (Å²) in [6.07, 6.45) is 3.83. The molecule has 0 saturated carbocycles. The molecular weight excluding hydrogens is 270 g/mol. The predicted octanol–water partition coefficient (Wildman–Crippen LogP) is -0.0128. The Morgan fingerprint density at radius 2 is 2.38 bits per heavy atom. The van der Waals surface area contributed by atoms with Crippen molar-refractivity contribution in [2.75, 3.05) is 46.4 Å². The van der Waals surface area contributed by atoms with E-state index < -0.39 is 0 Å². The largest absolute Gasteiger partial charge is 0.383 e. The van der Waals surface area contributed by atoms with Crippen LogP contribution in [0.2, 0.25) is 0 Å². The lowest BCUT2D eigenvalue weighted by Gasteiger charge is -2.23. The van der Waals surface area contributed by atoms with Gasteiger partial charge in [0.1, 0.15) is 0 Å². The zero-order valence-electron chi connectivity index (χ0n) is 12.9. The molecule has 2 atom stereocenters. The van der Waals surface area contributed by atoms with Crippen LogP contribution in [0, 0.1) is 11.8 Å². The van der Waals surface area contributed by atoms with Gasteiger partial charge in [-0.1, -0.05) is 0 Å². The standard InChI is InChI=1S/C15H27N3O3/c1-21-8-7-18-11-13(9-14(18)19)15(20)17-6-4-12-3-2-5-16-10-12/h12-13,16H,2-11H2,1H3,(H,17,20). The average Bonchev–Trinajstić information content (AvgIpc) is 2.87. The van der Waals surface area contributed by atoms with Crippen molar-refractivity contribution in [2.45, 2.75) is 25.7 Å². The van der Waals surface area contributed by atoms with Gasteiger partial charge in [0.15, 0.2) is 0 Å². The maximum absolute atomic E-state index is 12.1. The molecule has 2 aliphatic heterocycles. The first-order valence-corrected chi connectivity index (χ1v) is 7.96. The van der Waals surface area contributed by atoms with Gasteiger partial charge in [-0.25, -0.2) is 0 Å². The fraction of sp³-hybridized carbons (Fsp3) is 0.867. The molecule has 0 aromatic heterocycles. The number of methoxy groups -OCH3 is 1. The number of hydrogen-bond donors (Lipinski definition) is 2. The molecule has 2 amide bonds. The van der Waals surface area contributed by atoms with Gasteiger partial charge in [-0.15, -0.1) is 0 Å². The number of nitrogens with zero attached hydrogens (tertiary/aromatic N) is 1. The van der Waals surface area contributed by atoms with Crippen molar-refractivity contribution in [2.24, 2.45) is 11.8 Å². The van der Waals surface area contributed by atoms with Crippen LogP contribution in [0.25, 0.3) is 0 Å². The van der Waals surface area contributed by atoms with Crippen molar-refractivity contribution in [3.05, 3.63) is 0 Å². The van der Waals surface area contributed by atoms with E-state index in [4.69, 9.17) is 4.74 Å². The van der Waals surface area contributed by atoms with Crippen LogP contribution in [0.1, 0.15) is 25.7 Å². The van der Waals surface area contributed by atoms with E-state index in [1.807, 2.05) is 0 Å². The molecule has 0 aliphatic carbocycles. The first kappa shape index (κ1) is 16.2. The van der Waals surface area contributed by atoms with Crippen molar-refractivity contribution in [3.8, 4) is 0 Å². The highest BCUT2D eigenvalue weighted by molar-refractivity contribution is 5.89. The third kappa shape index (κ3) is 4.97. The van der Waals surface area contributed by atoms with E-state index in [-0.39, 0.29) is 17.7 Å². The van der Waals surface area contributed by atoms with E-state index in [1.165, 1.54) is 12.8 Å². The van der Waals surface area contributed by atoms with E-state index in [0.29, 0.717) is 38.6 Å². The van der Waals surface area contributed by atoms with Crippen LogP contribution >= 0.6 is 0 Å². The van der Waals surface area contributed by atoms with Crippen molar-refractivity contribution in [1.29, 1.82) is 0 Å². The summed E-state index contributed by atoms with van der Waals surface area (Å²) in [5.41, 5.74) is 0. The van der Waals surface area contributed by atoms with E-state index in [9.17, 15) is 9.59 Å². The highest BCUT2D eigenvalue weighted by atomic mass is 16.5. The number of carbonyl (C=O) groups excluding carboxylic acids is 2. The van der Waals surface area contributed by atoms with Gasteiger partial charge in [0.05, 0.1) is 12.5 Å². The van der Waals surface area contributed by atoms with Gasteiger partial charge in [-0.3, -0.25) is 9.59 Å². The number of hydrogen-bond acceptors (Lipinski definition) is 4. The summed E-state index contributed by atoms with van der Waals surface area (Å²) in [5, 5.41) is 6.38. The fourth-order valence-electron chi connectivity index (χ4n) is 3.08. The molecule has 21 heavy (non-hydrogen) atoms.